The Morgan fingerprint density at radius 1 is 1.43 bits per heavy atom. The molecule has 78 valence electrons. The Bertz CT molecular complexity index is 223. The third-order valence-electron chi connectivity index (χ3n) is 2.35. The van der Waals surface area contributed by atoms with Crippen LogP contribution in [-0.2, 0) is 0 Å². The van der Waals surface area contributed by atoms with Crippen LogP contribution >= 0.6 is 0 Å². The largest absolute Gasteiger partial charge is 0.370 e. The van der Waals surface area contributed by atoms with E-state index >= 15 is 0 Å². The average molecular weight is 193 g/mol. The van der Waals surface area contributed by atoms with Crippen LogP contribution in [0.15, 0.2) is 29.0 Å². The summed E-state index contributed by atoms with van der Waals surface area (Å²) in [7, 11) is 0. The van der Waals surface area contributed by atoms with Crippen molar-refractivity contribution < 1.29 is 0 Å². The summed E-state index contributed by atoms with van der Waals surface area (Å²) in [5, 5.41) is 3.38. The van der Waals surface area contributed by atoms with Crippen molar-refractivity contribution in [2.45, 2.75) is 13.3 Å². The molecular formula is C11H19N3. The van der Waals surface area contributed by atoms with E-state index in [-0.39, 0.29) is 0 Å². The molecule has 0 atom stereocenters. The van der Waals surface area contributed by atoms with E-state index in [9.17, 15) is 0 Å². The van der Waals surface area contributed by atoms with Crippen LogP contribution in [0.5, 0.6) is 0 Å². The maximum absolute atomic E-state index is 3.73. The first-order chi connectivity index (χ1) is 6.88. The molecule has 1 saturated heterocycles. The van der Waals surface area contributed by atoms with Gasteiger partial charge in [-0.2, -0.15) is 0 Å². The minimum Gasteiger partial charge on any atom is -0.370 e. The summed E-state index contributed by atoms with van der Waals surface area (Å²) in [5.41, 5.74) is 1.24. The zero-order valence-corrected chi connectivity index (χ0v) is 8.87. The number of hydrogen-bond acceptors (Lipinski definition) is 3. The number of nitrogens with zero attached hydrogens (tertiary/aromatic N) is 2. The normalized spacial score (nSPS) is 19.8. The minimum absolute atomic E-state index is 1.06. The highest BCUT2D eigenvalue weighted by Gasteiger charge is 2.08. The van der Waals surface area contributed by atoms with Gasteiger partial charge in [0.05, 0.1) is 0 Å². The molecule has 1 N–H and O–H groups in total. The van der Waals surface area contributed by atoms with E-state index in [1.165, 1.54) is 12.1 Å². The van der Waals surface area contributed by atoms with Gasteiger partial charge in [-0.1, -0.05) is 6.08 Å². The molecule has 0 aromatic heterocycles. The van der Waals surface area contributed by atoms with Crippen molar-refractivity contribution in [3.05, 3.63) is 24.0 Å². The van der Waals surface area contributed by atoms with E-state index in [1.54, 1.807) is 6.20 Å². The molecule has 3 nitrogen and oxygen atoms in total. The summed E-state index contributed by atoms with van der Waals surface area (Å²) in [4.78, 5) is 6.10. The smallest absolute Gasteiger partial charge is 0.0338 e. The topological polar surface area (TPSA) is 27.6 Å². The van der Waals surface area contributed by atoms with Gasteiger partial charge in [-0.3, -0.25) is 4.99 Å². The molecule has 1 aliphatic heterocycles. The molecule has 0 radical (unpaired) electrons. The van der Waals surface area contributed by atoms with Gasteiger partial charge in [0, 0.05) is 31.5 Å². The van der Waals surface area contributed by atoms with Crippen molar-refractivity contribution >= 4 is 6.72 Å². The highest BCUT2D eigenvalue weighted by molar-refractivity contribution is 5.27. The van der Waals surface area contributed by atoms with E-state index in [2.05, 4.69) is 34.9 Å². The van der Waals surface area contributed by atoms with E-state index in [4.69, 9.17) is 0 Å². The van der Waals surface area contributed by atoms with Crippen LogP contribution in [0.1, 0.15) is 13.3 Å². The van der Waals surface area contributed by atoms with Crippen LogP contribution in [0, 0.1) is 0 Å². The number of nitrogens with one attached hydrogen (secondary N) is 1. The summed E-state index contributed by atoms with van der Waals surface area (Å²) < 4.78 is 0. The Labute approximate surface area is 86.2 Å². The molecule has 0 bridgehead atoms. The molecule has 1 aliphatic rings. The average Bonchev–Trinajstić information content (AvgIpc) is 2.48. The molecular weight excluding hydrogens is 174 g/mol. The van der Waals surface area contributed by atoms with E-state index in [0.29, 0.717) is 0 Å². The zero-order valence-electron chi connectivity index (χ0n) is 8.87. The van der Waals surface area contributed by atoms with Crippen molar-refractivity contribution in [2.24, 2.45) is 4.99 Å². The van der Waals surface area contributed by atoms with Gasteiger partial charge in [-0.25, -0.2) is 0 Å². The first-order valence-corrected chi connectivity index (χ1v) is 5.13. The molecule has 0 saturated carbocycles. The molecule has 0 spiro atoms. The summed E-state index contributed by atoms with van der Waals surface area (Å²) >= 11 is 0. The van der Waals surface area contributed by atoms with Crippen molar-refractivity contribution in [3.63, 3.8) is 0 Å². The highest BCUT2D eigenvalue weighted by Crippen LogP contribution is 2.08. The monoisotopic (exact) mass is 193 g/mol. The molecule has 0 aliphatic carbocycles. The van der Waals surface area contributed by atoms with Gasteiger partial charge in [0.2, 0.25) is 0 Å². The predicted molar refractivity (Wildman–Crippen MR) is 61.5 cm³/mol. The van der Waals surface area contributed by atoms with Gasteiger partial charge in [-0.05, 0) is 32.7 Å². The second kappa shape index (κ2) is 6.38. The van der Waals surface area contributed by atoms with Gasteiger partial charge < -0.3 is 10.2 Å². The number of allylic oxidation sites excluding steroid dienone is 2. The standard InChI is InChI=1S/C11H19N3/c1-3-11(5-7-12-2)14-9-4-6-13-8-10-14/h3,5,7,13H,2,4,6,8-10H2,1H3/b7-5-,11-3+. The second-order valence-electron chi connectivity index (χ2n) is 3.30. The van der Waals surface area contributed by atoms with Crippen molar-refractivity contribution in [2.75, 3.05) is 26.2 Å². The molecule has 1 heterocycles. The lowest BCUT2D eigenvalue weighted by Crippen LogP contribution is -2.26. The Kier molecular flexibility index (Phi) is 5.00. The Morgan fingerprint density at radius 3 is 3.00 bits per heavy atom. The van der Waals surface area contributed by atoms with Gasteiger partial charge in [0.1, 0.15) is 0 Å². The summed E-state index contributed by atoms with van der Waals surface area (Å²) in [6, 6.07) is 0. The zero-order chi connectivity index (χ0) is 10.2. The summed E-state index contributed by atoms with van der Waals surface area (Å²) in [5.74, 6) is 0. The van der Waals surface area contributed by atoms with Crippen LogP contribution in [0.25, 0.3) is 0 Å². The Morgan fingerprint density at radius 2 is 2.29 bits per heavy atom. The SMILES string of the molecule is C=N/C=C\C(=C/C)N1CCCNCC1. The molecule has 0 unspecified atom stereocenters. The van der Waals surface area contributed by atoms with Crippen LogP contribution < -0.4 is 5.32 Å². The van der Waals surface area contributed by atoms with Gasteiger partial charge in [-0.15, -0.1) is 0 Å². The third kappa shape index (κ3) is 3.34. The predicted octanol–water partition coefficient (Wildman–Crippen LogP) is 1.40. The number of rotatable bonds is 3. The van der Waals surface area contributed by atoms with Crippen molar-refractivity contribution in [1.29, 1.82) is 0 Å². The van der Waals surface area contributed by atoms with E-state index < -0.39 is 0 Å². The second-order valence-corrected chi connectivity index (χ2v) is 3.30. The molecule has 1 rings (SSSR count). The Balaban J connectivity index is 2.58. The van der Waals surface area contributed by atoms with Gasteiger partial charge in [0.15, 0.2) is 0 Å². The maximum atomic E-state index is 3.73. The fourth-order valence-corrected chi connectivity index (χ4v) is 1.62. The van der Waals surface area contributed by atoms with Crippen LogP contribution in [0.3, 0.4) is 0 Å². The van der Waals surface area contributed by atoms with Crippen LogP contribution in [0.4, 0.5) is 0 Å². The summed E-state index contributed by atoms with van der Waals surface area (Å²) in [6.07, 6.45) is 7.08. The fourth-order valence-electron chi connectivity index (χ4n) is 1.62. The quantitative estimate of drug-likeness (QED) is 0.542. The Hall–Kier alpha value is -1.09. The molecule has 14 heavy (non-hydrogen) atoms. The van der Waals surface area contributed by atoms with Crippen molar-refractivity contribution in [1.82, 2.24) is 10.2 Å². The molecule has 0 amide bonds. The summed E-state index contributed by atoms with van der Waals surface area (Å²) in [6.45, 7) is 9.87. The molecule has 1 fully saturated rings. The van der Waals surface area contributed by atoms with E-state index in [1.807, 2.05) is 6.08 Å². The van der Waals surface area contributed by atoms with E-state index in [0.717, 1.165) is 26.2 Å². The number of aliphatic imine (C=N–C) groups is 1. The first-order valence-electron chi connectivity index (χ1n) is 5.13. The minimum atomic E-state index is 1.06. The molecule has 0 aromatic rings. The lowest BCUT2D eigenvalue weighted by molar-refractivity contribution is 0.378. The lowest BCUT2D eigenvalue weighted by Gasteiger charge is -2.22. The van der Waals surface area contributed by atoms with Gasteiger partial charge in [0.25, 0.3) is 0 Å². The van der Waals surface area contributed by atoms with Crippen LogP contribution in [-0.4, -0.2) is 37.8 Å². The van der Waals surface area contributed by atoms with Crippen molar-refractivity contribution in [3.8, 4) is 0 Å². The van der Waals surface area contributed by atoms with Crippen LogP contribution in [0.2, 0.25) is 0 Å². The molecule has 0 aromatic carbocycles. The lowest BCUT2D eigenvalue weighted by atomic mass is 10.3. The third-order valence-corrected chi connectivity index (χ3v) is 2.35. The molecule has 3 heteroatoms. The first kappa shape index (κ1) is 11.0. The number of hydrogen-bond donors (Lipinski definition) is 1. The highest BCUT2D eigenvalue weighted by atomic mass is 15.2. The maximum Gasteiger partial charge on any atom is 0.0338 e. The fraction of sp³-hybridized carbons (Fsp3) is 0.545. The van der Waals surface area contributed by atoms with Gasteiger partial charge >= 0.3 is 0 Å².